The van der Waals surface area contributed by atoms with E-state index < -0.39 is 0 Å². The van der Waals surface area contributed by atoms with Gasteiger partial charge in [-0.05, 0) is 68.5 Å². The number of nitrogens with zero attached hydrogens (tertiary/aromatic N) is 1. The Hall–Kier alpha value is -1.02. The largest absolute Gasteiger partial charge is 0.508 e. The van der Waals surface area contributed by atoms with E-state index in [1.165, 1.54) is 49.8 Å². The molecule has 0 unspecified atom stereocenters. The smallest absolute Gasteiger partial charge is 0.115 e. The Morgan fingerprint density at radius 2 is 2.10 bits per heavy atom. The van der Waals surface area contributed by atoms with Gasteiger partial charge in [-0.3, -0.25) is 0 Å². The zero-order valence-electron chi connectivity index (χ0n) is 13.7. The van der Waals surface area contributed by atoms with E-state index >= 15 is 0 Å². The molecule has 1 aromatic carbocycles. The molecular weight excluding hydrogens is 258 g/mol. The molecule has 1 aromatic rings. The van der Waals surface area contributed by atoms with Crippen LogP contribution in [0.25, 0.3) is 0 Å². The van der Waals surface area contributed by atoms with E-state index in [0.717, 1.165) is 12.3 Å². The van der Waals surface area contributed by atoms with Crippen LogP contribution < -0.4 is 0 Å². The number of rotatable bonds is 4. The predicted molar refractivity (Wildman–Crippen MR) is 87.8 cm³/mol. The Bertz CT molecular complexity index is 512. The fourth-order valence-electron chi connectivity index (χ4n) is 5.14. The zero-order valence-corrected chi connectivity index (χ0v) is 13.7. The molecule has 0 radical (unpaired) electrons. The van der Waals surface area contributed by atoms with Crippen molar-refractivity contribution in [3.05, 3.63) is 29.3 Å². The first-order chi connectivity index (χ1) is 10.1. The summed E-state index contributed by atoms with van der Waals surface area (Å²) in [6.45, 7) is 5.81. The third kappa shape index (κ3) is 2.28. The number of aromatic hydroxyl groups is 1. The minimum atomic E-state index is 0.300. The summed E-state index contributed by atoms with van der Waals surface area (Å²) in [5.74, 6) is 1.19. The Morgan fingerprint density at radius 3 is 2.81 bits per heavy atom. The summed E-state index contributed by atoms with van der Waals surface area (Å²) < 4.78 is 0. The third-order valence-corrected chi connectivity index (χ3v) is 6.01. The van der Waals surface area contributed by atoms with Gasteiger partial charge in [0.25, 0.3) is 0 Å². The molecule has 2 aliphatic rings. The van der Waals surface area contributed by atoms with Gasteiger partial charge in [-0.15, -0.1) is 0 Å². The SMILES string of the molecule is CCC[C@H]1[C@@H]2Cc3ccc(O)cc3[C@]1(CCC)CCN2C. The molecule has 1 fully saturated rings. The van der Waals surface area contributed by atoms with Crippen LogP contribution in [0.15, 0.2) is 18.2 Å². The van der Waals surface area contributed by atoms with Gasteiger partial charge < -0.3 is 10.0 Å². The number of fused-ring (bicyclic) bond motifs is 4. The second kappa shape index (κ2) is 5.64. The van der Waals surface area contributed by atoms with Gasteiger partial charge in [-0.2, -0.15) is 0 Å². The van der Waals surface area contributed by atoms with Gasteiger partial charge in [0.2, 0.25) is 0 Å². The number of phenolic OH excluding ortho intramolecular Hbond substituents is 1. The number of likely N-dealkylation sites (tertiary alicyclic amines) is 1. The number of hydrogen-bond acceptors (Lipinski definition) is 2. The summed E-state index contributed by atoms with van der Waals surface area (Å²) in [6, 6.07) is 6.80. The van der Waals surface area contributed by atoms with E-state index in [1.807, 2.05) is 6.07 Å². The van der Waals surface area contributed by atoms with Crippen molar-refractivity contribution in [1.82, 2.24) is 4.90 Å². The van der Waals surface area contributed by atoms with Crippen LogP contribution in [0.2, 0.25) is 0 Å². The van der Waals surface area contributed by atoms with Crippen LogP contribution >= 0.6 is 0 Å². The maximum Gasteiger partial charge on any atom is 0.115 e. The van der Waals surface area contributed by atoms with Crippen LogP contribution in [0.4, 0.5) is 0 Å². The highest BCUT2D eigenvalue weighted by atomic mass is 16.3. The van der Waals surface area contributed by atoms with E-state index in [2.05, 4.69) is 37.9 Å². The first kappa shape index (κ1) is 14.9. The highest BCUT2D eigenvalue weighted by molar-refractivity contribution is 5.44. The molecule has 21 heavy (non-hydrogen) atoms. The summed E-state index contributed by atoms with van der Waals surface area (Å²) in [7, 11) is 2.30. The van der Waals surface area contributed by atoms with Crippen molar-refractivity contribution in [2.75, 3.05) is 13.6 Å². The molecule has 1 heterocycles. The monoisotopic (exact) mass is 287 g/mol. The lowest BCUT2D eigenvalue weighted by atomic mass is 9.54. The van der Waals surface area contributed by atoms with Crippen LogP contribution in [-0.4, -0.2) is 29.6 Å². The quantitative estimate of drug-likeness (QED) is 0.901. The molecule has 0 saturated carbocycles. The summed E-state index contributed by atoms with van der Waals surface area (Å²) >= 11 is 0. The lowest BCUT2D eigenvalue weighted by Crippen LogP contribution is -2.58. The lowest BCUT2D eigenvalue weighted by molar-refractivity contribution is 0.0197. The first-order valence-electron chi connectivity index (χ1n) is 8.65. The van der Waals surface area contributed by atoms with Gasteiger partial charge in [0.15, 0.2) is 0 Å². The van der Waals surface area contributed by atoms with Gasteiger partial charge in [0.05, 0.1) is 0 Å². The lowest BCUT2D eigenvalue weighted by Gasteiger charge is -2.56. The summed E-state index contributed by atoms with van der Waals surface area (Å²) in [5.41, 5.74) is 3.24. The minimum absolute atomic E-state index is 0.300. The molecular formula is C19H29NO. The highest BCUT2D eigenvalue weighted by Crippen LogP contribution is 2.53. The molecule has 1 aliphatic carbocycles. The Labute approximate surface area is 129 Å². The summed E-state index contributed by atoms with van der Waals surface area (Å²) in [6.07, 6.45) is 7.46. The molecule has 0 aromatic heterocycles. The van der Waals surface area contributed by atoms with E-state index in [4.69, 9.17) is 0 Å². The molecule has 3 atom stereocenters. The van der Waals surface area contributed by atoms with Crippen LogP contribution in [-0.2, 0) is 11.8 Å². The van der Waals surface area contributed by atoms with E-state index in [9.17, 15) is 5.11 Å². The van der Waals surface area contributed by atoms with Crippen molar-refractivity contribution in [3.63, 3.8) is 0 Å². The Balaban J connectivity index is 2.14. The van der Waals surface area contributed by atoms with E-state index in [-0.39, 0.29) is 0 Å². The highest BCUT2D eigenvalue weighted by Gasteiger charge is 2.51. The topological polar surface area (TPSA) is 23.5 Å². The van der Waals surface area contributed by atoms with Crippen molar-refractivity contribution in [1.29, 1.82) is 0 Å². The standard InChI is InChI=1S/C19H29NO/c1-4-6-16-18-12-14-7-8-15(21)13-17(14)19(16,9-5-2)10-11-20(18)3/h7-8,13,16,18,21H,4-6,9-12H2,1-3H3/t16-,18-,19+/m0/s1. The van der Waals surface area contributed by atoms with Gasteiger partial charge in [-0.1, -0.05) is 32.8 Å². The number of phenols is 1. The maximum absolute atomic E-state index is 10.0. The van der Waals surface area contributed by atoms with Crippen molar-refractivity contribution in [2.45, 2.75) is 63.8 Å². The maximum atomic E-state index is 10.0. The van der Waals surface area contributed by atoms with Crippen molar-refractivity contribution in [2.24, 2.45) is 5.92 Å². The number of benzene rings is 1. The summed E-state index contributed by atoms with van der Waals surface area (Å²) in [4.78, 5) is 2.59. The van der Waals surface area contributed by atoms with Crippen LogP contribution in [0.5, 0.6) is 5.75 Å². The molecule has 2 bridgehead atoms. The van der Waals surface area contributed by atoms with E-state index in [0.29, 0.717) is 17.2 Å². The van der Waals surface area contributed by atoms with Crippen molar-refractivity contribution in [3.8, 4) is 5.75 Å². The summed E-state index contributed by atoms with van der Waals surface area (Å²) in [5, 5.41) is 10.0. The average Bonchev–Trinajstić information content (AvgIpc) is 2.46. The molecule has 116 valence electrons. The average molecular weight is 287 g/mol. The second-order valence-electron chi connectivity index (χ2n) is 7.14. The number of likely N-dealkylation sites (N-methyl/N-ethyl adjacent to an activating group) is 1. The van der Waals surface area contributed by atoms with Crippen LogP contribution in [0, 0.1) is 5.92 Å². The minimum Gasteiger partial charge on any atom is -0.508 e. The fourth-order valence-corrected chi connectivity index (χ4v) is 5.14. The molecule has 0 amide bonds. The third-order valence-electron chi connectivity index (χ3n) is 6.01. The van der Waals surface area contributed by atoms with Gasteiger partial charge in [0.1, 0.15) is 5.75 Å². The molecule has 2 heteroatoms. The molecule has 3 rings (SSSR count). The van der Waals surface area contributed by atoms with Gasteiger partial charge in [-0.25, -0.2) is 0 Å². The molecule has 1 aliphatic heterocycles. The van der Waals surface area contributed by atoms with Crippen LogP contribution in [0.1, 0.15) is 57.1 Å². The van der Waals surface area contributed by atoms with E-state index in [1.54, 1.807) is 0 Å². The Kier molecular flexibility index (Phi) is 4.00. The first-order valence-corrected chi connectivity index (χ1v) is 8.65. The predicted octanol–water partition coefficient (Wildman–Crippen LogP) is 4.11. The van der Waals surface area contributed by atoms with Crippen molar-refractivity contribution < 1.29 is 5.11 Å². The Morgan fingerprint density at radius 1 is 1.29 bits per heavy atom. The van der Waals surface area contributed by atoms with Crippen molar-refractivity contribution >= 4 is 0 Å². The molecule has 0 spiro atoms. The number of piperidine rings is 1. The van der Waals surface area contributed by atoms with Crippen LogP contribution in [0.3, 0.4) is 0 Å². The van der Waals surface area contributed by atoms with Gasteiger partial charge in [0, 0.05) is 11.5 Å². The zero-order chi connectivity index (χ0) is 15.0. The second-order valence-corrected chi connectivity index (χ2v) is 7.14. The molecule has 1 N–H and O–H groups in total. The number of hydrogen-bond donors (Lipinski definition) is 1. The molecule has 2 nitrogen and oxygen atoms in total. The fraction of sp³-hybridized carbons (Fsp3) is 0.684. The van der Waals surface area contributed by atoms with Gasteiger partial charge >= 0.3 is 0 Å². The normalized spacial score (nSPS) is 32.0. The molecule has 1 saturated heterocycles.